The standard InChI is InChI=1S/C16H27NO2S/c1-7-19-15(18)14(17-10-11(2)3)12-8-9-13(20-12)16(4,5)6/h8-9,11,14,17H,7,10H2,1-6H3. The molecule has 0 aliphatic carbocycles. The highest BCUT2D eigenvalue weighted by molar-refractivity contribution is 7.12. The molecule has 4 heteroatoms. The molecule has 3 nitrogen and oxygen atoms in total. The first kappa shape index (κ1) is 17.2. The minimum Gasteiger partial charge on any atom is -0.465 e. The normalized spacial score (nSPS) is 13.6. The summed E-state index contributed by atoms with van der Waals surface area (Å²) in [5, 5.41) is 3.32. The lowest BCUT2D eigenvalue weighted by Gasteiger charge is -2.18. The van der Waals surface area contributed by atoms with Crippen molar-refractivity contribution in [3.05, 3.63) is 21.9 Å². The fraction of sp³-hybridized carbons (Fsp3) is 0.688. The van der Waals surface area contributed by atoms with Crippen molar-refractivity contribution in [2.75, 3.05) is 13.2 Å². The first-order valence-corrected chi connectivity index (χ1v) is 8.07. The van der Waals surface area contributed by atoms with Crippen molar-refractivity contribution >= 4 is 17.3 Å². The second-order valence-corrected chi connectivity index (χ2v) is 7.55. The molecule has 0 aliphatic heterocycles. The Kier molecular flexibility index (Phi) is 6.21. The maximum Gasteiger partial charge on any atom is 0.328 e. The molecule has 0 bridgehead atoms. The Morgan fingerprint density at radius 3 is 2.45 bits per heavy atom. The number of carbonyl (C=O) groups excluding carboxylic acids is 1. The minimum atomic E-state index is -0.349. The number of hydrogen-bond donors (Lipinski definition) is 1. The van der Waals surface area contributed by atoms with E-state index in [1.165, 1.54) is 4.88 Å². The van der Waals surface area contributed by atoms with E-state index in [2.05, 4.69) is 46.0 Å². The van der Waals surface area contributed by atoms with Crippen LogP contribution >= 0.6 is 11.3 Å². The second kappa shape index (κ2) is 7.23. The molecule has 0 saturated heterocycles. The van der Waals surface area contributed by atoms with E-state index in [1.807, 2.05) is 13.0 Å². The van der Waals surface area contributed by atoms with Crippen LogP contribution in [-0.2, 0) is 14.9 Å². The summed E-state index contributed by atoms with van der Waals surface area (Å²) in [5.41, 5.74) is 0.111. The van der Waals surface area contributed by atoms with Crippen LogP contribution < -0.4 is 5.32 Å². The molecule has 1 heterocycles. The molecule has 0 aromatic carbocycles. The first-order chi connectivity index (χ1) is 9.25. The van der Waals surface area contributed by atoms with Crippen LogP contribution in [0.2, 0.25) is 0 Å². The zero-order valence-electron chi connectivity index (χ0n) is 13.4. The molecule has 0 saturated carbocycles. The maximum atomic E-state index is 12.1. The summed E-state index contributed by atoms with van der Waals surface area (Å²) in [4.78, 5) is 14.5. The lowest BCUT2D eigenvalue weighted by Crippen LogP contribution is -2.32. The van der Waals surface area contributed by atoms with Gasteiger partial charge in [-0.15, -0.1) is 11.3 Å². The van der Waals surface area contributed by atoms with Crippen LogP contribution in [0.15, 0.2) is 12.1 Å². The van der Waals surface area contributed by atoms with E-state index in [4.69, 9.17) is 4.74 Å². The van der Waals surface area contributed by atoms with E-state index in [9.17, 15) is 4.79 Å². The Balaban J connectivity index is 2.92. The van der Waals surface area contributed by atoms with Crippen LogP contribution in [0.5, 0.6) is 0 Å². The lowest BCUT2D eigenvalue weighted by molar-refractivity contribution is -0.145. The number of esters is 1. The SMILES string of the molecule is CCOC(=O)C(NCC(C)C)c1ccc(C(C)(C)C)s1. The van der Waals surface area contributed by atoms with E-state index in [1.54, 1.807) is 11.3 Å². The number of carbonyl (C=O) groups is 1. The summed E-state index contributed by atoms with van der Waals surface area (Å²) in [5.74, 6) is 0.310. The van der Waals surface area contributed by atoms with E-state index >= 15 is 0 Å². The van der Waals surface area contributed by atoms with Gasteiger partial charge in [-0.25, -0.2) is 4.79 Å². The Labute approximate surface area is 126 Å². The van der Waals surface area contributed by atoms with E-state index < -0.39 is 0 Å². The van der Waals surface area contributed by atoms with E-state index in [0.717, 1.165) is 11.4 Å². The van der Waals surface area contributed by atoms with Crippen molar-refractivity contribution in [3.63, 3.8) is 0 Å². The Bertz CT molecular complexity index is 432. The molecule has 114 valence electrons. The van der Waals surface area contributed by atoms with Gasteiger partial charge in [-0.05, 0) is 36.9 Å². The molecule has 1 atom stereocenters. The number of ether oxygens (including phenoxy) is 1. The number of rotatable bonds is 6. The number of hydrogen-bond acceptors (Lipinski definition) is 4. The molecule has 0 aliphatic rings. The topological polar surface area (TPSA) is 38.3 Å². The van der Waals surface area contributed by atoms with Gasteiger partial charge < -0.3 is 4.74 Å². The van der Waals surface area contributed by atoms with Crippen molar-refractivity contribution < 1.29 is 9.53 Å². The van der Waals surface area contributed by atoms with Crippen LogP contribution in [0.1, 0.15) is 57.3 Å². The van der Waals surface area contributed by atoms with Gasteiger partial charge in [0.1, 0.15) is 6.04 Å². The van der Waals surface area contributed by atoms with Crippen molar-refractivity contribution in [2.24, 2.45) is 5.92 Å². The molecule has 1 aromatic rings. The summed E-state index contributed by atoms with van der Waals surface area (Å²) in [6.07, 6.45) is 0. The third kappa shape index (κ3) is 4.91. The average Bonchev–Trinajstić information content (AvgIpc) is 2.78. The second-order valence-electron chi connectivity index (χ2n) is 6.44. The van der Waals surface area contributed by atoms with Crippen LogP contribution in [0, 0.1) is 5.92 Å². The monoisotopic (exact) mass is 297 g/mol. The molecule has 1 N–H and O–H groups in total. The molecular formula is C16H27NO2S. The minimum absolute atomic E-state index is 0.111. The smallest absolute Gasteiger partial charge is 0.328 e. The summed E-state index contributed by atoms with van der Waals surface area (Å²) in [6.45, 7) is 13.9. The zero-order valence-corrected chi connectivity index (χ0v) is 14.3. The zero-order chi connectivity index (χ0) is 15.3. The van der Waals surface area contributed by atoms with Gasteiger partial charge in [0.25, 0.3) is 0 Å². The first-order valence-electron chi connectivity index (χ1n) is 7.26. The molecule has 20 heavy (non-hydrogen) atoms. The molecule has 0 radical (unpaired) electrons. The third-order valence-electron chi connectivity index (χ3n) is 2.90. The van der Waals surface area contributed by atoms with Crippen LogP contribution in [0.3, 0.4) is 0 Å². The summed E-state index contributed by atoms with van der Waals surface area (Å²) >= 11 is 1.69. The maximum absolute atomic E-state index is 12.1. The lowest BCUT2D eigenvalue weighted by atomic mass is 9.95. The molecular weight excluding hydrogens is 270 g/mol. The van der Waals surface area contributed by atoms with Crippen molar-refractivity contribution in [1.82, 2.24) is 5.32 Å². The molecule has 1 aromatic heterocycles. The van der Waals surface area contributed by atoms with Gasteiger partial charge in [0, 0.05) is 9.75 Å². The van der Waals surface area contributed by atoms with E-state index in [-0.39, 0.29) is 17.4 Å². The van der Waals surface area contributed by atoms with Gasteiger partial charge in [-0.2, -0.15) is 0 Å². The number of nitrogens with one attached hydrogen (secondary N) is 1. The van der Waals surface area contributed by atoms with Crippen molar-refractivity contribution in [2.45, 2.75) is 53.0 Å². The Morgan fingerprint density at radius 1 is 1.35 bits per heavy atom. The van der Waals surface area contributed by atoms with Gasteiger partial charge in [-0.3, -0.25) is 5.32 Å². The van der Waals surface area contributed by atoms with Crippen LogP contribution in [-0.4, -0.2) is 19.1 Å². The summed E-state index contributed by atoms with van der Waals surface area (Å²) in [7, 11) is 0. The van der Waals surface area contributed by atoms with Gasteiger partial charge in [0.2, 0.25) is 0 Å². The van der Waals surface area contributed by atoms with Crippen molar-refractivity contribution in [3.8, 4) is 0 Å². The van der Waals surface area contributed by atoms with Gasteiger partial charge in [0.15, 0.2) is 0 Å². The number of thiophene rings is 1. The van der Waals surface area contributed by atoms with Crippen LogP contribution in [0.4, 0.5) is 0 Å². The molecule has 1 rings (SSSR count). The fourth-order valence-electron chi connectivity index (χ4n) is 1.79. The molecule has 0 amide bonds. The van der Waals surface area contributed by atoms with E-state index in [0.29, 0.717) is 12.5 Å². The summed E-state index contributed by atoms with van der Waals surface area (Å²) < 4.78 is 5.19. The Morgan fingerprint density at radius 2 is 2.00 bits per heavy atom. The molecule has 0 fully saturated rings. The highest BCUT2D eigenvalue weighted by Crippen LogP contribution is 2.32. The predicted molar refractivity (Wildman–Crippen MR) is 85.2 cm³/mol. The highest BCUT2D eigenvalue weighted by atomic mass is 32.1. The Hall–Kier alpha value is -0.870. The molecule has 1 unspecified atom stereocenters. The van der Waals surface area contributed by atoms with Crippen molar-refractivity contribution in [1.29, 1.82) is 0 Å². The van der Waals surface area contributed by atoms with Crippen LogP contribution in [0.25, 0.3) is 0 Å². The summed E-state index contributed by atoms with van der Waals surface area (Å²) in [6, 6.07) is 3.81. The van der Waals surface area contributed by atoms with Gasteiger partial charge >= 0.3 is 5.97 Å². The van der Waals surface area contributed by atoms with Gasteiger partial charge in [-0.1, -0.05) is 34.6 Å². The highest BCUT2D eigenvalue weighted by Gasteiger charge is 2.25. The largest absolute Gasteiger partial charge is 0.465 e. The molecule has 0 spiro atoms. The third-order valence-corrected chi connectivity index (χ3v) is 4.48. The van der Waals surface area contributed by atoms with Gasteiger partial charge in [0.05, 0.1) is 6.61 Å². The predicted octanol–water partition coefficient (Wildman–Crippen LogP) is 3.90. The average molecular weight is 297 g/mol. The fourth-order valence-corrected chi connectivity index (χ4v) is 2.92. The quantitative estimate of drug-likeness (QED) is 0.809.